The summed E-state index contributed by atoms with van der Waals surface area (Å²) in [6, 6.07) is 10.6. The number of carbonyl (C=O) groups is 1. The Hall–Kier alpha value is -1.61. The van der Waals surface area contributed by atoms with Gasteiger partial charge in [0.25, 0.3) is 5.91 Å². The molecule has 1 heterocycles. The van der Waals surface area contributed by atoms with Crippen LogP contribution in [0.25, 0.3) is 0 Å². The maximum Gasteiger partial charge on any atom is 0.261 e. The van der Waals surface area contributed by atoms with Gasteiger partial charge >= 0.3 is 0 Å². The quantitative estimate of drug-likeness (QED) is 0.910. The Morgan fingerprint density at radius 2 is 2.20 bits per heavy atom. The Bertz CT molecular complexity index is 617. The first kappa shape index (κ1) is 13.4. The molecular weight excluding hydrogens is 266 g/mol. The molecule has 0 saturated carbocycles. The van der Waals surface area contributed by atoms with Crippen molar-refractivity contribution in [2.75, 3.05) is 6.54 Å². The number of hydrogen-bond donors (Lipinski definition) is 1. The van der Waals surface area contributed by atoms with Gasteiger partial charge in [0.1, 0.15) is 0 Å². The number of amides is 1. The summed E-state index contributed by atoms with van der Waals surface area (Å²) in [5.41, 5.74) is 3.93. The van der Waals surface area contributed by atoms with Crippen molar-refractivity contribution in [2.45, 2.75) is 32.1 Å². The van der Waals surface area contributed by atoms with Gasteiger partial charge in [-0.3, -0.25) is 4.79 Å². The molecule has 0 bridgehead atoms. The fraction of sp³-hybridized carbons (Fsp3) is 0.353. The Labute approximate surface area is 123 Å². The first-order valence-corrected chi connectivity index (χ1v) is 8.04. The number of thiophene rings is 1. The van der Waals surface area contributed by atoms with E-state index in [1.54, 1.807) is 0 Å². The molecule has 0 saturated heterocycles. The molecule has 0 radical (unpaired) electrons. The van der Waals surface area contributed by atoms with Gasteiger partial charge in [-0.25, -0.2) is 0 Å². The molecule has 3 rings (SSSR count). The molecule has 1 amide bonds. The van der Waals surface area contributed by atoms with E-state index < -0.39 is 0 Å². The van der Waals surface area contributed by atoms with Crippen LogP contribution in [0.4, 0.5) is 0 Å². The van der Waals surface area contributed by atoms with E-state index in [4.69, 9.17) is 0 Å². The maximum atomic E-state index is 12.2. The second-order valence-corrected chi connectivity index (χ2v) is 6.35. The zero-order valence-electron chi connectivity index (χ0n) is 11.7. The number of benzene rings is 1. The van der Waals surface area contributed by atoms with Gasteiger partial charge in [0.05, 0.1) is 4.88 Å². The topological polar surface area (TPSA) is 29.1 Å². The number of rotatable bonds is 3. The molecule has 104 valence electrons. The standard InChI is InChI=1S/C17H19NOS/c1-12-9-10-20-16(12)17(19)18-11-14-7-4-6-13-5-2-3-8-15(13)14/h2-3,5,8-10,14H,4,6-7,11H2,1H3,(H,18,19). The molecule has 1 aliphatic carbocycles. The number of aryl methyl sites for hydroxylation is 2. The van der Waals surface area contributed by atoms with Gasteiger partial charge in [-0.15, -0.1) is 11.3 Å². The highest BCUT2D eigenvalue weighted by molar-refractivity contribution is 7.12. The van der Waals surface area contributed by atoms with E-state index in [1.807, 2.05) is 18.4 Å². The normalized spacial score (nSPS) is 17.6. The predicted octanol–water partition coefficient (Wildman–Crippen LogP) is 3.91. The lowest BCUT2D eigenvalue weighted by atomic mass is 9.83. The third-order valence-corrected chi connectivity index (χ3v) is 5.09. The molecule has 2 nitrogen and oxygen atoms in total. The van der Waals surface area contributed by atoms with Crippen LogP contribution < -0.4 is 5.32 Å². The third-order valence-electron chi connectivity index (χ3n) is 4.07. The van der Waals surface area contributed by atoms with E-state index >= 15 is 0 Å². The second-order valence-electron chi connectivity index (χ2n) is 5.43. The van der Waals surface area contributed by atoms with E-state index in [1.165, 1.54) is 41.7 Å². The van der Waals surface area contributed by atoms with Gasteiger partial charge in [-0.05, 0) is 54.3 Å². The number of carbonyl (C=O) groups excluding carboxylic acids is 1. The molecule has 3 heteroatoms. The number of hydrogen-bond acceptors (Lipinski definition) is 2. The van der Waals surface area contributed by atoms with E-state index in [0.717, 1.165) is 17.0 Å². The van der Waals surface area contributed by atoms with Crippen LogP contribution in [0, 0.1) is 6.92 Å². The lowest BCUT2D eigenvalue weighted by Crippen LogP contribution is -2.29. The molecule has 0 aliphatic heterocycles. The minimum atomic E-state index is 0.0700. The SMILES string of the molecule is Cc1ccsc1C(=O)NCC1CCCc2ccccc21. The van der Waals surface area contributed by atoms with Gasteiger partial charge in [0, 0.05) is 12.5 Å². The minimum Gasteiger partial charge on any atom is -0.351 e. The van der Waals surface area contributed by atoms with Crippen LogP contribution in [0.3, 0.4) is 0 Å². The van der Waals surface area contributed by atoms with Crippen LogP contribution in [0.15, 0.2) is 35.7 Å². The summed E-state index contributed by atoms with van der Waals surface area (Å²) < 4.78 is 0. The zero-order valence-corrected chi connectivity index (χ0v) is 12.5. The van der Waals surface area contributed by atoms with Crippen LogP contribution in [-0.4, -0.2) is 12.5 Å². The average Bonchev–Trinajstić information content (AvgIpc) is 2.91. The molecule has 0 fully saturated rings. The van der Waals surface area contributed by atoms with Gasteiger partial charge in [-0.2, -0.15) is 0 Å². The Morgan fingerprint density at radius 1 is 1.35 bits per heavy atom. The van der Waals surface area contributed by atoms with Crippen molar-refractivity contribution in [1.29, 1.82) is 0 Å². The highest BCUT2D eigenvalue weighted by atomic mass is 32.1. The zero-order chi connectivity index (χ0) is 13.9. The fourth-order valence-electron chi connectivity index (χ4n) is 2.97. The second kappa shape index (κ2) is 5.80. The molecular formula is C17H19NOS. The van der Waals surface area contributed by atoms with E-state index in [-0.39, 0.29) is 5.91 Å². The predicted molar refractivity (Wildman–Crippen MR) is 83.5 cm³/mol. The van der Waals surface area contributed by atoms with Crippen LogP contribution in [-0.2, 0) is 6.42 Å². The summed E-state index contributed by atoms with van der Waals surface area (Å²) in [5.74, 6) is 0.532. The van der Waals surface area contributed by atoms with Crippen molar-refractivity contribution in [1.82, 2.24) is 5.32 Å². The maximum absolute atomic E-state index is 12.2. The van der Waals surface area contributed by atoms with Crippen molar-refractivity contribution in [3.05, 3.63) is 57.3 Å². The Kier molecular flexibility index (Phi) is 3.88. The van der Waals surface area contributed by atoms with Crippen LogP contribution in [0.1, 0.15) is 45.1 Å². The third kappa shape index (κ3) is 2.63. The molecule has 2 aromatic rings. The molecule has 1 aromatic heterocycles. The summed E-state index contributed by atoms with van der Waals surface area (Å²) in [6.07, 6.45) is 3.56. The Morgan fingerprint density at radius 3 is 3.00 bits per heavy atom. The highest BCUT2D eigenvalue weighted by Gasteiger charge is 2.20. The largest absolute Gasteiger partial charge is 0.351 e. The summed E-state index contributed by atoms with van der Waals surface area (Å²) >= 11 is 1.52. The molecule has 1 N–H and O–H groups in total. The van der Waals surface area contributed by atoms with Crippen LogP contribution in [0.5, 0.6) is 0 Å². The van der Waals surface area contributed by atoms with Crippen molar-refractivity contribution in [3.8, 4) is 0 Å². The summed E-state index contributed by atoms with van der Waals surface area (Å²) in [4.78, 5) is 13.0. The van der Waals surface area contributed by atoms with Crippen molar-refractivity contribution >= 4 is 17.2 Å². The average molecular weight is 285 g/mol. The molecule has 1 unspecified atom stereocenters. The molecule has 1 aromatic carbocycles. The highest BCUT2D eigenvalue weighted by Crippen LogP contribution is 2.30. The molecule has 20 heavy (non-hydrogen) atoms. The van der Waals surface area contributed by atoms with Gasteiger partial charge in [-0.1, -0.05) is 24.3 Å². The van der Waals surface area contributed by atoms with Crippen molar-refractivity contribution in [3.63, 3.8) is 0 Å². The van der Waals surface area contributed by atoms with E-state index in [9.17, 15) is 4.79 Å². The Balaban J connectivity index is 1.68. The van der Waals surface area contributed by atoms with Gasteiger partial charge in [0.15, 0.2) is 0 Å². The smallest absolute Gasteiger partial charge is 0.261 e. The monoisotopic (exact) mass is 285 g/mol. The van der Waals surface area contributed by atoms with Gasteiger partial charge in [0.2, 0.25) is 0 Å². The summed E-state index contributed by atoms with van der Waals surface area (Å²) in [5, 5.41) is 5.08. The van der Waals surface area contributed by atoms with Crippen LogP contribution >= 0.6 is 11.3 Å². The lowest BCUT2D eigenvalue weighted by Gasteiger charge is -2.25. The summed E-state index contributed by atoms with van der Waals surface area (Å²) in [6.45, 7) is 2.73. The minimum absolute atomic E-state index is 0.0700. The lowest BCUT2D eigenvalue weighted by molar-refractivity contribution is 0.0954. The van der Waals surface area contributed by atoms with Crippen molar-refractivity contribution in [2.24, 2.45) is 0 Å². The first-order chi connectivity index (χ1) is 9.75. The van der Waals surface area contributed by atoms with Crippen molar-refractivity contribution < 1.29 is 4.79 Å². The molecule has 1 aliphatic rings. The van der Waals surface area contributed by atoms with Crippen LogP contribution in [0.2, 0.25) is 0 Å². The first-order valence-electron chi connectivity index (χ1n) is 7.16. The fourth-order valence-corrected chi connectivity index (χ4v) is 3.81. The van der Waals surface area contributed by atoms with E-state index in [0.29, 0.717) is 5.92 Å². The summed E-state index contributed by atoms with van der Waals surface area (Å²) in [7, 11) is 0. The number of nitrogens with one attached hydrogen (secondary N) is 1. The number of fused-ring (bicyclic) bond motifs is 1. The van der Waals surface area contributed by atoms with E-state index in [2.05, 4.69) is 29.6 Å². The van der Waals surface area contributed by atoms with Gasteiger partial charge < -0.3 is 5.32 Å². The molecule has 1 atom stereocenters. The molecule has 0 spiro atoms.